The van der Waals surface area contributed by atoms with Crippen LogP contribution in [0.4, 0.5) is 0 Å². The Kier molecular flexibility index (Phi) is 4.45. The second-order valence-corrected chi connectivity index (χ2v) is 22.7. The van der Waals surface area contributed by atoms with Crippen molar-refractivity contribution >= 4 is 16.1 Å². The van der Waals surface area contributed by atoms with Gasteiger partial charge in [-0.15, -0.1) is 0 Å². The van der Waals surface area contributed by atoms with E-state index in [1.807, 2.05) is 0 Å². The average molecular weight is 475 g/mol. The van der Waals surface area contributed by atoms with Crippen molar-refractivity contribution in [1.29, 1.82) is 0 Å². The Hall–Kier alpha value is -2.69. The molecule has 0 radical (unpaired) electrons. The maximum Gasteiger partial charge on any atom is 0.0771 e. The minimum absolute atomic E-state index is 0.00499. The SMILES string of the molecule is CC1([Si](C)(C)C2([Si](C)(C)C)c3ccccc3-c3ccccc32)c2ccccc2-c2ccccc21. The van der Waals surface area contributed by atoms with Crippen LogP contribution in [-0.2, 0) is 9.70 Å². The van der Waals surface area contributed by atoms with Crippen LogP contribution in [0.15, 0.2) is 97.1 Å². The molecule has 0 fully saturated rings. The van der Waals surface area contributed by atoms with E-state index in [0.29, 0.717) is 0 Å². The fourth-order valence-electron chi connectivity index (χ4n) is 8.16. The van der Waals surface area contributed by atoms with Gasteiger partial charge in [-0.2, -0.15) is 0 Å². The quantitative estimate of drug-likeness (QED) is 0.261. The van der Waals surface area contributed by atoms with E-state index in [4.69, 9.17) is 0 Å². The Morgan fingerprint density at radius 2 is 0.735 bits per heavy atom. The van der Waals surface area contributed by atoms with E-state index < -0.39 is 16.1 Å². The summed E-state index contributed by atoms with van der Waals surface area (Å²) in [4.78, 5) is 0. The highest BCUT2D eigenvalue weighted by molar-refractivity contribution is 7.01. The van der Waals surface area contributed by atoms with Crippen LogP contribution in [0.2, 0.25) is 32.7 Å². The standard InChI is InChI=1S/C32H34Si2/c1-31(27-19-11-7-15-23(27)24-16-8-12-20-28(24)31)34(5,6)32(33(2,3)4)29-21-13-9-17-25(29)26-18-10-14-22-30(26)32/h7-22H,1-6H3. The molecule has 2 heteroatoms. The molecule has 0 N–H and O–H groups in total. The summed E-state index contributed by atoms with van der Waals surface area (Å²) >= 11 is 0. The summed E-state index contributed by atoms with van der Waals surface area (Å²) in [5.41, 5.74) is 12.1. The van der Waals surface area contributed by atoms with Gasteiger partial charge < -0.3 is 0 Å². The summed E-state index contributed by atoms with van der Waals surface area (Å²) in [5, 5.41) is 0.00499. The first-order valence-corrected chi connectivity index (χ1v) is 19.1. The molecule has 4 aromatic carbocycles. The maximum absolute atomic E-state index is 2.71. The first-order valence-electron chi connectivity index (χ1n) is 12.6. The minimum Gasteiger partial charge on any atom is -0.0688 e. The topological polar surface area (TPSA) is 0 Å². The number of fused-ring (bicyclic) bond motifs is 6. The van der Waals surface area contributed by atoms with E-state index in [1.165, 1.54) is 33.4 Å². The summed E-state index contributed by atoms with van der Waals surface area (Å²) in [7, 11) is -4.00. The van der Waals surface area contributed by atoms with Gasteiger partial charge in [-0.3, -0.25) is 0 Å². The highest BCUT2D eigenvalue weighted by Gasteiger charge is 2.68. The van der Waals surface area contributed by atoms with Crippen molar-refractivity contribution in [3.8, 4) is 22.3 Å². The van der Waals surface area contributed by atoms with Crippen molar-refractivity contribution < 1.29 is 0 Å². The molecule has 4 aromatic rings. The first-order chi connectivity index (χ1) is 16.2. The maximum atomic E-state index is 2.71. The lowest BCUT2D eigenvalue weighted by atomic mass is 9.97. The van der Waals surface area contributed by atoms with Crippen molar-refractivity contribution in [1.82, 2.24) is 0 Å². The monoisotopic (exact) mass is 474 g/mol. The van der Waals surface area contributed by atoms with Gasteiger partial charge in [0.1, 0.15) is 0 Å². The molecule has 0 amide bonds. The number of hydrogen-bond donors (Lipinski definition) is 0. The predicted molar refractivity (Wildman–Crippen MR) is 152 cm³/mol. The fraction of sp³-hybridized carbons (Fsp3) is 0.250. The second kappa shape index (κ2) is 6.93. The molecule has 0 saturated heterocycles. The van der Waals surface area contributed by atoms with Crippen LogP contribution < -0.4 is 0 Å². The van der Waals surface area contributed by atoms with Gasteiger partial charge in [-0.05, 0) is 44.5 Å². The molecule has 0 bridgehead atoms. The normalized spacial score (nSPS) is 17.0. The van der Waals surface area contributed by atoms with Gasteiger partial charge in [-0.25, -0.2) is 0 Å². The molecular formula is C32H34Si2. The predicted octanol–water partition coefficient (Wildman–Crippen LogP) is 8.60. The molecule has 6 rings (SSSR count). The molecule has 0 nitrogen and oxygen atoms in total. The van der Waals surface area contributed by atoms with Crippen LogP contribution in [0.3, 0.4) is 0 Å². The number of hydrogen-bond acceptors (Lipinski definition) is 0. The van der Waals surface area contributed by atoms with Crippen LogP contribution in [0.25, 0.3) is 22.3 Å². The zero-order valence-corrected chi connectivity index (χ0v) is 23.2. The lowest BCUT2D eigenvalue weighted by Gasteiger charge is -2.59. The summed E-state index contributed by atoms with van der Waals surface area (Å²) in [6.07, 6.45) is 0. The first kappa shape index (κ1) is 21.8. The van der Waals surface area contributed by atoms with E-state index in [9.17, 15) is 0 Å². The third-order valence-corrected chi connectivity index (χ3v) is 21.9. The average Bonchev–Trinajstić information content (AvgIpc) is 3.29. The second-order valence-electron chi connectivity index (χ2n) is 11.9. The van der Waals surface area contributed by atoms with Gasteiger partial charge in [0.2, 0.25) is 0 Å². The lowest BCUT2D eigenvalue weighted by Crippen LogP contribution is -2.72. The van der Waals surface area contributed by atoms with E-state index in [-0.39, 0.29) is 9.70 Å². The van der Waals surface area contributed by atoms with E-state index in [2.05, 4.69) is 137 Å². The van der Waals surface area contributed by atoms with Crippen LogP contribution in [0, 0.1) is 0 Å². The Labute approximate surface area is 206 Å². The zero-order chi connectivity index (χ0) is 23.9. The van der Waals surface area contributed by atoms with Gasteiger partial charge in [0.15, 0.2) is 0 Å². The van der Waals surface area contributed by atoms with Gasteiger partial charge in [0.05, 0.1) is 16.1 Å². The van der Waals surface area contributed by atoms with Crippen molar-refractivity contribution in [2.24, 2.45) is 0 Å². The number of benzene rings is 4. The molecule has 0 atom stereocenters. The Morgan fingerprint density at radius 1 is 0.441 bits per heavy atom. The van der Waals surface area contributed by atoms with Crippen molar-refractivity contribution in [3.05, 3.63) is 119 Å². The molecule has 0 heterocycles. The summed E-state index contributed by atoms with van der Waals surface area (Å²) < 4.78 is 0.0898. The molecule has 0 aliphatic heterocycles. The molecule has 0 saturated carbocycles. The molecule has 0 aromatic heterocycles. The highest BCUT2D eigenvalue weighted by atomic mass is 28.4. The Bertz CT molecular complexity index is 1350. The van der Waals surface area contributed by atoms with E-state index >= 15 is 0 Å². The Balaban J connectivity index is 1.78. The molecule has 34 heavy (non-hydrogen) atoms. The van der Waals surface area contributed by atoms with Gasteiger partial charge in [0.25, 0.3) is 0 Å². The van der Waals surface area contributed by atoms with E-state index in [1.54, 1.807) is 11.1 Å². The molecule has 0 spiro atoms. The fourth-order valence-corrected chi connectivity index (χ4v) is 22.8. The molecule has 2 aliphatic rings. The zero-order valence-electron chi connectivity index (χ0n) is 21.2. The summed E-state index contributed by atoms with van der Waals surface area (Å²) in [5.74, 6) is 0. The van der Waals surface area contributed by atoms with Gasteiger partial charge in [-0.1, -0.05) is 137 Å². The van der Waals surface area contributed by atoms with Crippen molar-refractivity contribution in [3.63, 3.8) is 0 Å². The van der Waals surface area contributed by atoms with Gasteiger partial charge >= 0.3 is 0 Å². The Morgan fingerprint density at radius 3 is 1.09 bits per heavy atom. The third kappa shape index (κ3) is 2.34. The molecule has 0 unspecified atom stereocenters. The molecule has 170 valence electrons. The number of rotatable bonds is 3. The smallest absolute Gasteiger partial charge is 0.0688 e. The lowest BCUT2D eigenvalue weighted by molar-refractivity contribution is 0.743. The van der Waals surface area contributed by atoms with Crippen LogP contribution in [0.1, 0.15) is 29.2 Å². The summed E-state index contributed by atoms with van der Waals surface area (Å²) in [6, 6.07) is 37.2. The molecular weight excluding hydrogens is 441 g/mol. The van der Waals surface area contributed by atoms with Gasteiger partial charge in [0, 0.05) is 9.70 Å². The van der Waals surface area contributed by atoms with Crippen molar-refractivity contribution in [2.75, 3.05) is 0 Å². The third-order valence-electron chi connectivity index (χ3n) is 9.49. The summed E-state index contributed by atoms with van der Waals surface area (Å²) in [6.45, 7) is 15.9. The highest BCUT2D eigenvalue weighted by Crippen LogP contribution is 2.65. The van der Waals surface area contributed by atoms with Crippen LogP contribution in [0.5, 0.6) is 0 Å². The van der Waals surface area contributed by atoms with Crippen LogP contribution >= 0.6 is 0 Å². The van der Waals surface area contributed by atoms with Crippen molar-refractivity contribution in [2.45, 2.75) is 49.4 Å². The largest absolute Gasteiger partial charge is 0.0771 e. The molecule has 2 aliphatic carbocycles. The van der Waals surface area contributed by atoms with E-state index in [0.717, 1.165) is 0 Å². The minimum atomic E-state index is -2.19. The van der Waals surface area contributed by atoms with Crippen LogP contribution in [-0.4, -0.2) is 16.1 Å².